The Kier molecular flexibility index (Phi) is 31.3. The second-order valence-corrected chi connectivity index (χ2v) is 18.1. The molecule has 2 rings (SSSR count). The summed E-state index contributed by atoms with van der Waals surface area (Å²) in [5.74, 6) is -7.36. The number of rotatable bonds is 34. The minimum absolute atomic E-state index is 0.00718. The van der Waals surface area contributed by atoms with Crippen molar-refractivity contribution < 1.29 is 78.2 Å². The van der Waals surface area contributed by atoms with Gasteiger partial charge in [0.1, 0.15) is 24.7 Å². The number of carboxylic acid groups (broad SMARTS) is 5. The first-order valence-electron chi connectivity index (χ1n) is 24.9. The summed E-state index contributed by atoms with van der Waals surface area (Å²) in [6, 6.07) is 4.26. The van der Waals surface area contributed by atoms with Crippen LogP contribution >= 0.6 is 0 Å². The molecule has 0 bridgehead atoms. The van der Waals surface area contributed by atoms with E-state index in [9.17, 15) is 68.4 Å². The van der Waals surface area contributed by atoms with Gasteiger partial charge in [-0.2, -0.15) is 0 Å². The molecule has 0 aromatic heterocycles. The molecule has 25 heteroatoms. The molecular weight excluding hydrogens is 959 g/mol. The van der Waals surface area contributed by atoms with E-state index in [1.54, 1.807) is 9.80 Å². The van der Waals surface area contributed by atoms with Gasteiger partial charge in [-0.3, -0.25) is 43.5 Å². The molecule has 73 heavy (non-hydrogen) atoms. The van der Waals surface area contributed by atoms with E-state index in [4.69, 9.17) is 9.84 Å². The van der Waals surface area contributed by atoms with Gasteiger partial charge in [0.25, 0.3) is 0 Å². The Labute approximate surface area is 425 Å². The van der Waals surface area contributed by atoms with Crippen LogP contribution in [0.2, 0.25) is 0 Å². The van der Waals surface area contributed by atoms with Gasteiger partial charge in [-0.25, -0.2) is 19.2 Å². The summed E-state index contributed by atoms with van der Waals surface area (Å²) in [6.07, 6.45) is 4.34. The smallest absolute Gasteiger partial charge is 0.328 e. The van der Waals surface area contributed by atoms with Gasteiger partial charge in [-0.15, -0.1) is 0 Å². The zero-order valence-corrected chi connectivity index (χ0v) is 41.9. The third kappa shape index (κ3) is 30.9. The van der Waals surface area contributed by atoms with E-state index < -0.39 is 72.3 Å². The van der Waals surface area contributed by atoms with Crippen molar-refractivity contribution in [2.24, 2.45) is 0 Å². The largest absolute Gasteiger partial charge is 0.481 e. The van der Waals surface area contributed by atoms with Gasteiger partial charge in [0.05, 0.1) is 19.6 Å². The third-order valence-corrected chi connectivity index (χ3v) is 11.9. The van der Waals surface area contributed by atoms with Gasteiger partial charge >= 0.3 is 41.8 Å². The zero-order chi connectivity index (χ0) is 54.0. The molecule has 410 valence electrons. The van der Waals surface area contributed by atoms with E-state index in [1.807, 2.05) is 47.2 Å². The molecule has 1 unspecified atom stereocenters. The number of esters is 1. The van der Waals surface area contributed by atoms with Crippen LogP contribution in [0.1, 0.15) is 95.5 Å². The van der Waals surface area contributed by atoms with E-state index >= 15 is 0 Å². The second kappa shape index (κ2) is 36.5. The average Bonchev–Trinajstić information content (AvgIpc) is 3.32. The highest BCUT2D eigenvalue weighted by Gasteiger charge is 2.27. The number of urea groups is 1. The number of carbonyl (C=O) groups excluding carboxylic acids is 5. The van der Waals surface area contributed by atoms with Crippen LogP contribution in [0.3, 0.4) is 0 Å². The predicted octanol–water partition coefficient (Wildman–Crippen LogP) is 0.219. The van der Waals surface area contributed by atoms with Crippen molar-refractivity contribution in [2.75, 3.05) is 92.1 Å². The number of nitrogens with zero attached hydrogens (tertiary/aromatic N) is 4. The Hall–Kier alpha value is -6.44. The number of hydrogen-bond acceptors (Lipinski definition) is 15. The Morgan fingerprint density at radius 1 is 0.493 bits per heavy atom. The molecule has 1 saturated heterocycles. The lowest BCUT2D eigenvalue weighted by Gasteiger charge is -2.32. The van der Waals surface area contributed by atoms with Crippen LogP contribution in [0.5, 0.6) is 0 Å². The van der Waals surface area contributed by atoms with Crippen LogP contribution in [0.15, 0.2) is 30.3 Å². The van der Waals surface area contributed by atoms with Crippen molar-refractivity contribution in [1.29, 1.82) is 0 Å². The first kappa shape index (κ1) is 62.7. The molecule has 1 aromatic rings. The first-order valence-corrected chi connectivity index (χ1v) is 24.9. The maximum Gasteiger partial charge on any atom is 0.328 e. The van der Waals surface area contributed by atoms with Gasteiger partial charge in [0, 0.05) is 84.7 Å². The number of aliphatic carboxylic acids is 5. The average molecular weight is 1040 g/mol. The number of carbonyl (C=O) groups is 10. The summed E-state index contributed by atoms with van der Waals surface area (Å²) >= 11 is 0. The van der Waals surface area contributed by atoms with Gasteiger partial charge in [-0.1, -0.05) is 43.2 Å². The highest BCUT2D eigenvalue weighted by molar-refractivity contribution is 5.87. The zero-order valence-electron chi connectivity index (χ0n) is 41.9. The maximum absolute atomic E-state index is 13.6. The van der Waals surface area contributed by atoms with Gasteiger partial charge < -0.3 is 61.8 Å². The van der Waals surface area contributed by atoms with Crippen LogP contribution < -0.4 is 26.6 Å². The number of hydrogen-bond donors (Lipinski definition) is 10. The number of unbranched alkanes of at least 4 members (excludes halogenated alkanes) is 5. The number of ether oxygens (including phenoxy) is 1. The van der Waals surface area contributed by atoms with Gasteiger partial charge in [0.15, 0.2) is 0 Å². The minimum Gasteiger partial charge on any atom is -0.481 e. The van der Waals surface area contributed by atoms with E-state index in [1.165, 1.54) is 0 Å². The summed E-state index contributed by atoms with van der Waals surface area (Å²) in [7, 11) is 1.91. The molecular formula is C48H77N9O16. The van der Waals surface area contributed by atoms with E-state index in [2.05, 4.69) is 26.6 Å². The summed E-state index contributed by atoms with van der Waals surface area (Å²) < 4.78 is 5.60. The van der Waals surface area contributed by atoms with Crippen LogP contribution in [0.25, 0.3) is 0 Å². The van der Waals surface area contributed by atoms with Crippen molar-refractivity contribution in [3.8, 4) is 0 Å². The fourth-order valence-corrected chi connectivity index (χ4v) is 7.66. The number of likely N-dealkylation sites (N-methyl/N-ethyl adjacent to an activating group) is 1. The molecule has 0 radical (unpaired) electrons. The third-order valence-electron chi connectivity index (χ3n) is 11.9. The summed E-state index contributed by atoms with van der Waals surface area (Å²) in [4.78, 5) is 128. The lowest BCUT2D eigenvalue weighted by Crippen LogP contribution is -2.51. The van der Waals surface area contributed by atoms with E-state index in [0.717, 1.165) is 12.0 Å². The highest BCUT2D eigenvalue weighted by atomic mass is 16.5. The molecule has 0 aliphatic carbocycles. The van der Waals surface area contributed by atoms with Crippen molar-refractivity contribution in [1.82, 2.24) is 46.2 Å². The lowest BCUT2D eigenvalue weighted by molar-refractivity contribution is -0.149. The van der Waals surface area contributed by atoms with Gasteiger partial charge in [-0.05, 0) is 70.4 Å². The normalized spacial score (nSPS) is 15.5. The summed E-state index contributed by atoms with van der Waals surface area (Å²) in [5.41, 5.74) is 0.779. The molecule has 5 amide bonds. The quantitative estimate of drug-likeness (QED) is 0.0326. The molecule has 1 aromatic carbocycles. The molecule has 1 aliphatic heterocycles. The number of carboxylic acids is 5. The van der Waals surface area contributed by atoms with Crippen molar-refractivity contribution >= 4 is 59.6 Å². The molecule has 1 aliphatic rings. The van der Waals surface area contributed by atoms with Crippen molar-refractivity contribution in [3.63, 3.8) is 0 Å². The predicted molar refractivity (Wildman–Crippen MR) is 263 cm³/mol. The van der Waals surface area contributed by atoms with Crippen LogP contribution in [-0.2, 0) is 54.5 Å². The highest BCUT2D eigenvalue weighted by Crippen LogP contribution is 2.10. The molecule has 1 fully saturated rings. The van der Waals surface area contributed by atoms with Crippen molar-refractivity contribution in [2.45, 2.75) is 115 Å². The molecule has 0 spiro atoms. The molecule has 1 heterocycles. The molecule has 3 atom stereocenters. The van der Waals surface area contributed by atoms with Crippen molar-refractivity contribution in [3.05, 3.63) is 35.9 Å². The Morgan fingerprint density at radius 3 is 1.41 bits per heavy atom. The Balaban J connectivity index is 1.74. The van der Waals surface area contributed by atoms with Crippen LogP contribution in [0, 0.1) is 0 Å². The Morgan fingerprint density at radius 2 is 0.945 bits per heavy atom. The number of benzene rings is 1. The fraction of sp³-hybridized carbons (Fsp3) is 0.667. The van der Waals surface area contributed by atoms with E-state index in [0.29, 0.717) is 110 Å². The molecule has 25 nitrogen and oxygen atoms in total. The summed E-state index contributed by atoms with van der Waals surface area (Å²) in [5, 5.41) is 59.1. The molecule has 0 saturated carbocycles. The van der Waals surface area contributed by atoms with Crippen LogP contribution in [-0.4, -0.2) is 215 Å². The lowest BCUT2D eigenvalue weighted by atomic mass is 10.1. The topological polar surface area (TPSA) is 354 Å². The molecule has 10 N–H and O–H groups in total. The van der Waals surface area contributed by atoms with Gasteiger partial charge in [0.2, 0.25) is 17.7 Å². The summed E-state index contributed by atoms with van der Waals surface area (Å²) in [6.45, 7) is 3.59. The minimum atomic E-state index is -1.51. The first-order chi connectivity index (χ1) is 34.8. The maximum atomic E-state index is 13.6. The SMILES string of the molecule is CN1CCN(CC(=O)O)CCN(CC(=O)O)CCN(CC(=O)NC(CCCCNC(=O)CCCCCCC(=O)NCCCC[C@H](NC(=O)N[C@@H](CCC(=O)O)C(=O)O)C(=O)O)C(=O)OCc2ccccc2)CC1. The number of nitrogens with one attached hydrogen (secondary N) is 5. The monoisotopic (exact) mass is 1040 g/mol. The Bertz CT molecular complexity index is 1910. The van der Waals surface area contributed by atoms with Crippen LogP contribution in [0.4, 0.5) is 4.79 Å². The van der Waals surface area contributed by atoms with E-state index in [-0.39, 0.29) is 70.3 Å². The fourth-order valence-electron chi connectivity index (χ4n) is 7.66. The number of amides is 5. The second-order valence-electron chi connectivity index (χ2n) is 18.1. The standard InChI is InChI=1S/C48H77N9O16/c1-54-23-25-55(27-28-57(33-44(65)66)30-29-56(26-24-54)32-43(63)64)31-41(60)51-38(47(71)73-34-35-13-5-4-6-14-35)16-10-12-22-50-40(59)18-8-3-2-7-17-39(58)49-21-11-9-15-36(45(67)68)52-48(72)53-37(46(69)70)19-20-42(61)62/h4-6,13-14,36-38H,2-3,7-12,15-34H2,1H3,(H,49,58)(H,50,59)(H,51,60)(H,61,62)(H,63,64)(H,65,66)(H,67,68)(H,69,70)(H2,52,53,72)/t36-,37-,38?/m0/s1.